The van der Waals surface area contributed by atoms with Gasteiger partial charge in [-0.2, -0.15) is 22.7 Å². The van der Waals surface area contributed by atoms with Crippen molar-refractivity contribution in [3.8, 4) is 11.1 Å². The number of hydrogen-bond donors (Lipinski definition) is 0. The van der Waals surface area contributed by atoms with Crippen LogP contribution in [0.15, 0.2) is 142 Å². The van der Waals surface area contributed by atoms with Gasteiger partial charge in [0.15, 0.2) is 23.1 Å². The standard InChI is InChI=1S/C55H38N2O5S4Si/c1-55(2)41-7-3-4-8-43(41)56(49-17-13-33(65-49)25-35-51(58)37-27-63-28-38(37)52(35)59)46-23-31(11-15-42(46)55)32-12-16-45-48(24-32)67(21-19-62-20-22-67)47-10-6-5-9-44(47)57(45)50-18-14-34(66-50)26-36-53(60)39-29-64-30-40(39)54(36)61/h3-18,23-30H,19-22H2,1-2H3. The minimum Gasteiger partial charge on any atom is -0.382 e. The minimum absolute atomic E-state index is 0.201. The van der Waals surface area contributed by atoms with Crippen LogP contribution in [0.5, 0.6) is 0 Å². The average Bonchev–Trinajstić information content (AvgIpc) is 4.23. The van der Waals surface area contributed by atoms with Gasteiger partial charge in [-0.1, -0.05) is 74.5 Å². The van der Waals surface area contributed by atoms with Crippen LogP contribution in [0.2, 0.25) is 12.1 Å². The van der Waals surface area contributed by atoms with E-state index in [9.17, 15) is 19.2 Å². The van der Waals surface area contributed by atoms with Gasteiger partial charge in [0, 0.05) is 83.5 Å². The van der Waals surface area contributed by atoms with Gasteiger partial charge in [-0.25, -0.2) is 0 Å². The van der Waals surface area contributed by atoms with Crippen LogP contribution in [0.4, 0.5) is 32.8 Å². The lowest BCUT2D eigenvalue weighted by molar-refractivity contribution is 0.0975. The summed E-state index contributed by atoms with van der Waals surface area (Å²) < 4.78 is 6.10. The molecule has 5 aliphatic rings. The van der Waals surface area contributed by atoms with Gasteiger partial charge in [0.05, 0.1) is 22.5 Å². The summed E-state index contributed by atoms with van der Waals surface area (Å²) in [4.78, 5) is 59.5. The number of allylic oxidation sites excluding steroid dienone is 2. The van der Waals surface area contributed by atoms with Crippen molar-refractivity contribution in [2.45, 2.75) is 31.4 Å². The molecular formula is C55H38N2O5S4Si. The number of benzene rings is 4. The van der Waals surface area contributed by atoms with Gasteiger partial charge < -0.3 is 14.5 Å². The predicted molar refractivity (Wildman–Crippen MR) is 276 cm³/mol. The van der Waals surface area contributed by atoms with Gasteiger partial charge in [-0.05, 0) is 105 Å². The first-order chi connectivity index (χ1) is 32.6. The molecule has 67 heavy (non-hydrogen) atoms. The van der Waals surface area contributed by atoms with Crippen molar-refractivity contribution in [2.24, 2.45) is 0 Å². The molecule has 0 saturated carbocycles. The summed E-state index contributed by atoms with van der Waals surface area (Å²) in [5.74, 6) is -0.812. The minimum atomic E-state index is -2.35. The molecule has 1 saturated heterocycles. The maximum Gasteiger partial charge on any atom is 0.198 e. The van der Waals surface area contributed by atoms with Crippen LogP contribution in [0, 0.1) is 0 Å². The molecule has 326 valence electrons. The smallest absolute Gasteiger partial charge is 0.198 e. The number of carbonyl (C=O) groups is 4. The second kappa shape index (κ2) is 15.1. The molecule has 0 amide bonds. The second-order valence-corrected chi connectivity index (χ2v) is 26.1. The van der Waals surface area contributed by atoms with E-state index in [0.717, 1.165) is 60.0 Å². The lowest BCUT2D eigenvalue weighted by Gasteiger charge is -2.46. The number of carbonyl (C=O) groups excluding carboxylic acids is 4. The van der Waals surface area contributed by atoms with Crippen molar-refractivity contribution in [3.63, 3.8) is 0 Å². The molecule has 4 aromatic carbocycles. The third-order valence-electron chi connectivity index (χ3n) is 14.3. The van der Waals surface area contributed by atoms with Crippen molar-refractivity contribution in [2.75, 3.05) is 23.0 Å². The molecule has 7 nitrogen and oxygen atoms in total. The SMILES string of the molecule is CC1(C)c2ccccc2N(c2ccc(C=C3C(=O)c4cscc4C3=O)s2)c2cc(-c3ccc4c(c3)[Si]3(CCOCC3)c3ccccc3N4c3ccc(C=C4C(=O)c5cscc5C4=O)s3)ccc21. The van der Waals surface area contributed by atoms with Gasteiger partial charge in [-0.3, -0.25) is 19.2 Å². The monoisotopic (exact) mass is 962 g/mol. The molecule has 0 N–H and O–H groups in total. The molecule has 4 aromatic heterocycles. The van der Waals surface area contributed by atoms with E-state index >= 15 is 0 Å². The highest BCUT2D eigenvalue weighted by molar-refractivity contribution is 7.17. The first-order valence-corrected chi connectivity index (χ1v) is 28.1. The number of Topliss-reactive ketones (excluding diaryl/α,β-unsaturated/α-hetero) is 4. The van der Waals surface area contributed by atoms with Gasteiger partial charge in [0.2, 0.25) is 0 Å². The van der Waals surface area contributed by atoms with Gasteiger partial charge in [-0.15, -0.1) is 22.7 Å². The number of anilines is 6. The number of thiophene rings is 4. The molecule has 7 heterocycles. The van der Waals surface area contributed by atoms with Crippen LogP contribution in [-0.2, 0) is 10.2 Å². The maximum atomic E-state index is 13.3. The third kappa shape index (κ3) is 6.00. The molecule has 3 aliphatic heterocycles. The van der Waals surface area contributed by atoms with Crippen molar-refractivity contribution in [3.05, 3.63) is 185 Å². The Morgan fingerprint density at radius 2 is 1.01 bits per heavy atom. The molecule has 0 unspecified atom stereocenters. The molecular weight excluding hydrogens is 925 g/mol. The predicted octanol–water partition coefficient (Wildman–Crippen LogP) is 13.0. The zero-order valence-corrected chi connectivity index (χ0v) is 40.5. The Kier molecular flexibility index (Phi) is 9.18. The number of ketones is 4. The highest BCUT2D eigenvalue weighted by atomic mass is 32.1. The number of fused-ring (bicyclic) bond motifs is 8. The van der Waals surface area contributed by atoms with E-state index < -0.39 is 8.07 Å². The lowest BCUT2D eigenvalue weighted by Crippen LogP contribution is -2.64. The quantitative estimate of drug-likeness (QED) is 0.0965. The van der Waals surface area contributed by atoms with Gasteiger partial charge >= 0.3 is 0 Å². The molecule has 1 spiro atoms. The lowest BCUT2D eigenvalue weighted by atomic mass is 9.73. The number of rotatable bonds is 5. The third-order valence-corrected chi connectivity index (χ3v) is 22.9. The van der Waals surface area contributed by atoms with E-state index in [0.29, 0.717) is 35.5 Å². The molecule has 1 fully saturated rings. The van der Waals surface area contributed by atoms with E-state index in [1.807, 2.05) is 12.1 Å². The molecule has 2 aliphatic carbocycles. The van der Waals surface area contributed by atoms with Gasteiger partial charge in [0.1, 0.15) is 18.1 Å². The molecule has 8 aromatic rings. The Morgan fingerprint density at radius 3 is 1.63 bits per heavy atom. The summed E-state index contributed by atoms with van der Waals surface area (Å²) in [5.41, 5.74) is 11.4. The van der Waals surface area contributed by atoms with Crippen molar-refractivity contribution in [1.29, 1.82) is 0 Å². The summed E-state index contributed by atoms with van der Waals surface area (Å²) in [6.07, 6.45) is 3.53. The number of ether oxygens (including phenoxy) is 1. The fourth-order valence-electron chi connectivity index (χ4n) is 11.0. The average molecular weight is 963 g/mol. The molecule has 0 radical (unpaired) electrons. The van der Waals surface area contributed by atoms with Crippen molar-refractivity contribution in [1.82, 2.24) is 0 Å². The maximum absolute atomic E-state index is 13.3. The van der Waals surface area contributed by atoms with Crippen LogP contribution in [0.3, 0.4) is 0 Å². The van der Waals surface area contributed by atoms with E-state index in [-0.39, 0.29) is 39.7 Å². The van der Waals surface area contributed by atoms with Gasteiger partial charge in [0.25, 0.3) is 0 Å². The summed E-state index contributed by atoms with van der Waals surface area (Å²) in [5, 5.41) is 11.9. The fraction of sp³-hybridized carbons (Fsp3) is 0.127. The Labute approximate surface area is 403 Å². The van der Waals surface area contributed by atoms with Crippen LogP contribution in [-0.4, -0.2) is 44.4 Å². The van der Waals surface area contributed by atoms with Crippen LogP contribution in [0.1, 0.15) is 76.2 Å². The Hall–Kier alpha value is -6.38. The first-order valence-electron chi connectivity index (χ1n) is 22.2. The van der Waals surface area contributed by atoms with Crippen molar-refractivity contribution >= 4 is 132 Å². The summed E-state index contributed by atoms with van der Waals surface area (Å²) in [6.45, 7) is 6.02. The summed E-state index contributed by atoms with van der Waals surface area (Å²) in [6, 6.07) is 41.6. The highest BCUT2D eigenvalue weighted by Crippen LogP contribution is 2.54. The van der Waals surface area contributed by atoms with E-state index in [4.69, 9.17) is 4.74 Å². The van der Waals surface area contributed by atoms with E-state index in [1.54, 1.807) is 56.3 Å². The normalized spacial score (nSPS) is 17.3. The zero-order valence-electron chi connectivity index (χ0n) is 36.3. The fourth-order valence-corrected chi connectivity index (χ4v) is 19.4. The summed E-state index contributed by atoms with van der Waals surface area (Å²) >= 11 is 5.93. The first kappa shape index (κ1) is 40.9. The van der Waals surface area contributed by atoms with E-state index in [1.165, 1.54) is 49.9 Å². The van der Waals surface area contributed by atoms with Crippen LogP contribution < -0.4 is 20.2 Å². The molecule has 13 rings (SSSR count). The topological polar surface area (TPSA) is 84.0 Å². The Balaban J connectivity index is 0.924. The van der Waals surface area contributed by atoms with E-state index in [2.05, 4.69) is 121 Å². The Bertz CT molecular complexity index is 3490. The highest BCUT2D eigenvalue weighted by Gasteiger charge is 2.47. The second-order valence-electron chi connectivity index (χ2n) is 18.2. The molecule has 0 atom stereocenters. The Morgan fingerprint density at radius 1 is 0.522 bits per heavy atom. The number of para-hydroxylation sites is 2. The van der Waals surface area contributed by atoms with Crippen LogP contribution in [0.25, 0.3) is 23.3 Å². The molecule has 12 heteroatoms. The summed E-state index contributed by atoms with van der Waals surface area (Å²) in [7, 11) is -2.35. The van der Waals surface area contributed by atoms with Crippen LogP contribution >= 0.6 is 45.3 Å². The number of hydrogen-bond acceptors (Lipinski definition) is 11. The van der Waals surface area contributed by atoms with Crippen molar-refractivity contribution < 1.29 is 23.9 Å². The number of nitrogens with zero attached hydrogens (tertiary/aromatic N) is 2. The molecule has 0 bridgehead atoms. The zero-order chi connectivity index (χ0) is 45.3. The largest absolute Gasteiger partial charge is 0.382 e.